The number of rotatable bonds is 5. The SMILES string of the molecule is CCC(F)c1cc(-c2ccc([N+](=O)[O-])cc2)nc(SC)n1. The molecule has 5 nitrogen and oxygen atoms in total. The number of non-ortho nitro benzene ring substituents is 1. The van der Waals surface area contributed by atoms with Gasteiger partial charge in [0.15, 0.2) is 5.16 Å². The molecule has 1 aromatic heterocycles. The third-order valence-corrected chi connectivity index (χ3v) is 3.51. The third-order valence-electron chi connectivity index (χ3n) is 2.96. The van der Waals surface area contributed by atoms with Crippen LogP contribution in [0.15, 0.2) is 35.5 Å². The molecule has 1 atom stereocenters. The van der Waals surface area contributed by atoms with Gasteiger partial charge in [-0.3, -0.25) is 10.1 Å². The summed E-state index contributed by atoms with van der Waals surface area (Å²) >= 11 is 1.33. The Balaban J connectivity index is 2.44. The number of hydrogen-bond donors (Lipinski definition) is 0. The van der Waals surface area contributed by atoms with Gasteiger partial charge in [0.1, 0.15) is 6.17 Å². The molecule has 0 saturated heterocycles. The van der Waals surface area contributed by atoms with E-state index in [0.717, 1.165) is 0 Å². The second kappa shape index (κ2) is 6.62. The van der Waals surface area contributed by atoms with Crippen molar-refractivity contribution in [2.24, 2.45) is 0 Å². The van der Waals surface area contributed by atoms with Gasteiger partial charge >= 0.3 is 0 Å². The summed E-state index contributed by atoms with van der Waals surface area (Å²) in [7, 11) is 0. The van der Waals surface area contributed by atoms with E-state index < -0.39 is 11.1 Å². The summed E-state index contributed by atoms with van der Waals surface area (Å²) in [5, 5.41) is 11.1. The van der Waals surface area contributed by atoms with Gasteiger partial charge < -0.3 is 0 Å². The number of nitrogens with zero attached hydrogens (tertiary/aromatic N) is 3. The maximum Gasteiger partial charge on any atom is 0.269 e. The van der Waals surface area contributed by atoms with Crippen LogP contribution in [0, 0.1) is 10.1 Å². The maximum absolute atomic E-state index is 13.9. The van der Waals surface area contributed by atoms with Crippen LogP contribution in [0.3, 0.4) is 0 Å². The summed E-state index contributed by atoms with van der Waals surface area (Å²) < 4.78 is 13.9. The van der Waals surface area contributed by atoms with Gasteiger partial charge in [0.05, 0.1) is 16.3 Å². The highest BCUT2D eigenvalue weighted by molar-refractivity contribution is 7.98. The Morgan fingerprint density at radius 2 is 2.00 bits per heavy atom. The van der Waals surface area contributed by atoms with Gasteiger partial charge in [-0.2, -0.15) is 0 Å². The number of nitro benzene ring substituents is 1. The summed E-state index contributed by atoms with van der Waals surface area (Å²) in [5.74, 6) is 0. The lowest BCUT2D eigenvalue weighted by atomic mass is 10.1. The number of benzene rings is 1. The predicted octanol–water partition coefficient (Wildman–Crippen LogP) is 4.19. The Kier molecular flexibility index (Phi) is 4.85. The fourth-order valence-corrected chi connectivity index (χ4v) is 2.19. The van der Waals surface area contributed by atoms with Crippen LogP contribution in [0.4, 0.5) is 10.1 Å². The van der Waals surface area contributed by atoms with Gasteiger partial charge in [0, 0.05) is 17.7 Å². The Morgan fingerprint density at radius 3 is 2.52 bits per heavy atom. The van der Waals surface area contributed by atoms with Crippen molar-refractivity contribution >= 4 is 17.4 Å². The van der Waals surface area contributed by atoms with E-state index in [9.17, 15) is 14.5 Å². The molecule has 0 amide bonds. The van der Waals surface area contributed by atoms with E-state index in [2.05, 4.69) is 9.97 Å². The summed E-state index contributed by atoms with van der Waals surface area (Å²) in [6.07, 6.45) is 1.01. The number of nitro groups is 1. The number of alkyl halides is 1. The molecule has 0 bridgehead atoms. The highest BCUT2D eigenvalue weighted by Gasteiger charge is 2.14. The van der Waals surface area contributed by atoms with Crippen LogP contribution in [0.1, 0.15) is 25.2 Å². The maximum atomic E-state index is 13.9. The quantitative estimate of drug-likeness (QED) is 0.358. The Labute approximate surface area is 125 Å². The van der Waals surface area contributed by atoms with Gasteiger partial charge in [0.2, 0.25) is 0 Å². The summed E-state index contributed by atoms with van der Waals surface area (Å²) in [6.45, 7) is 1.75. The van der Waals surface area contributed by atoms with Crippen molar-refractivity contribution in [2.75, 3.05) is 6.26 Å². The normalized spacial score (nSPS) is 12.1. The molecule has 0 aliphatic heterocycles. The molecule has 0 saturated carbocycles. The standard InChI is InChI=1S/C14H14FN3O2S/c1-3-11(15)13-8-12(16-14(17-13)21-2)9-4-6-10(7-5-9)18(19)20/h4-8,11H,3H2,1-2H3. The van der Waals surface area contributed by atoms with Gasteiger partial charge in [-0.1, -0.05) is 18.7 Å². The van der Waals surface area contributed by atoms with Crippen molar-refractivity contribution in [3.8, 4) is 11.3 Å². The molecule has 1 unspecified atom stereocenters. The molecule has 1 heterocycles. The van der Waals surface area contributed by atoms with Crippen LogP contribution >= 0.6 is 11.8 Å². The molecule has 2 aromatic rings. The van der Waals surface area contributed by atoms with E-state index in [1.165, 1.54) is 23.9 Å². The first-order chi connectivity index (χ1) is 10.0. The van der Waals surface area contributed by atoms with E-state index in [1.54, 1.807) is 25.1 Å². The molecule has 0 spiro atoms. The second-order valence-electron chi connectivity index (χ2n) is 4.34. The molecular weight excluding hydrogens is 293 g/mol. The van der Waals surface area contributed by atoms with Crippen LogP contribution in [-0.4, -0.2) is 21.1 Å². The minimum Gasteiger partial charge on any atom is -0.258 e. The summed E-state index contributed by atoms with van der Waals surface area (Å²) in [4.78, 5) is 18.7. The highest BCUT2D eigenvalue weighted by Crippen LogP contribution is 2.27. The van der Waals surface area contributed by atoms with E-state index in [-0.39, 0.29) is 5.69 Å². The fourth-order valence-electron chi connectivity index (χ4n) is 1.81. The summed E-state index contributed by atoms with van der Waals surface area (Å²) in [5.41, 5.74) is 1.61. The molecule has 21 heavy (non-hydrogen) atoms. The molecule has 0 fully saturated rings. The average molecular weight is 307 g/mol. The van der Waals surface area contributed by atoms with Crippen LogP contribution in [-0.2, 0) is 0 Å². The smallest absolute Gasteiger partial charge is 0.258 e. The lowest BCUT2D eigenvalue weighted by molar-refractivity contribution is -0.384. The minimum absolute atomic E-state index is 0.00930. The Hall–Kier alpha value is -2.02. The molecule has 110 valence electrons. The van der Waals surface area contributed by atoms with Crippen LogP contribution < -0.4 is 0 Å². The monoisotopic (exact) mass is 307 g/mol. The van der Waals surface area contributed by atoms with Crippen molar-refractivity contribution in [2.45, 2.75) is 24.7 Å². The van der Waals surface area contributed by atoms with Crippen molar-refractivity contribution < 1.29 is 9.31 Å². The summed E-state index contributed by atoms with van der Waals surface area (Å²) in [6, 6.07) is 7.61. The highest BCUT2D eigenvalue weighted by atomic mass is 32.2. The molecule has 0 N–H and O–H groups in total. The van der Waals surface area contributed by atoms with Gasteiger partial charge in [0.25, 0.3) is 5.69 Å². The molecular formula is C14H14FN3O2S. The zero-order valence-electron chi connectivity index (χ0n) is 11.6. The number of aromatic nitrogens is 2. The molecule has 2 rings (SSSR count). The third kappa shape index (κ3) is 3.55. The van der Waals surface area contributed by atoms with E-state index in [0.29, 0.717) is 28.5 Å². The number of hydrogen-bond acceptors (Lipinski definition) is 5. The Bertz CT molecular complexity index is 649. The van der Waals surface area contributed by atoms with Gasteiger partial charge in [-0.05, 0) is 30.9 Å². The predicted molar refractivity (Wildman–Crippen MR) is 80.0 cm³/mol. The van der Waals surface area contributed by atoms with Crippen molar-refractivity contribution in [3.63, 3.8) is 0 Å². The first-order valence-corrected chi connectivity index (χ1v) is 7.59. The van der Waals surface area contributed by atoms with E-state index in [1.807, 2.05) is 6.26 Å². The van der Waals surface area contributed by atoms with Gasteiger partial charge in [-0.25, -0.2) is 14.4 Å². The molecule has 0 aliphatic carbocycles. The fraction of sp³-hybridized carbons (Fsp3) is 0.286. The number of halogens is 1. The second-order valence-corrected chi connectivity index (χ2v) is 5.12. The zero-order chi connectivity index (χ0) is 15.4. The molecule has 0 aliphatic rings. The topological polar surface area (TPSA) is 68.9 Å². The average Bonchev–Trinajstić information content (AvgIpc) is 2.53. The van der Waals surface area contributed by atoms with Crippen LogP contribution in [0.25, 0.3) is 11.3 Å². The largest absolute Gasteiger partial charge is 0.269 e. The van der Waals surface area contributed by atoms with Crippen LogP contribution in [0.5, 0.6) is 0 Å². The van der Waals surface area contributed by atoms with Crippen LogP contribution in [0.2, 0.25) is 0 Å². The van der Waals surface area contributed by atoms with Crippen molar-refractivity contribution in [1.29, 1.82) is 0 Å². The minimum atomic E-state index is -1.14. The molecule has 1 aromatic carbocycles. The van der Waals surface area contributed by atoms with E-state index in [4.69, 9.17) is 0 Å². The van der Waals surface area contributed by atoms with E-state index >= 15 is 0 Å². The first-order valence-electron chi connectivity index (χ1n) is 6.37. The lowest BCUT2D eigenvalue weighted by Crippen LogP contribution is -1.99. The van der Waals surface area contributed by atoms with Gasteiger partial charge in [-0.15, -0.1) is 0 Å². The lowest BCUT2D eigenvalue weighted by Gasteiger charge is -2.09. The first kappa shape index (κ1) is 15.4. The van der Waals surface area contributed by atoms with Crippen molar-refractivity contribution in [3.05, 3.63) is 46.1 Å². The molecule has 7 heteroatoms. The Morgan fingerprint density at radius 1 is 1.33 bits per heavy atom. The molecule has 0 radical (unpaired) electrons. The van der Waals surface area contributed by atoms with Crippen molar-refractivity contribution in [1.82, 2.24) is 9.97 Å². The zero-order valence-corrected chi connectivity index (χ0v) is 12.4. The number of thioether (sulfide) groups is 1.